The third-order valence-corrected chi connectivity index (χ3v) is 5.71. The van der Waals surface area contributed by atoms with Crippen LogP contribution in [0.3, 0.4) is 0 Å². The van der Waals surface area contributed by atoms with Crippen molar-refractivity contribution in [1.29, 1.82) is 0 Å². The number of carbonyl (C=O) groups is 2. The summed E-state index contributed by atoms with van der Waals surface area (Å²) in [4.78, 5) is 28.6. The molecule has 3 aliphatic rings. The number of hydrogen-bond donors (Lipinski definition) is 1. The Kier molecular flexibility index (Phi) is 5.00. The topological polar surface area (TPSA) is 61.9 Å². The van der Waals surface area contributed by atoms with Gasteiger partial charge in [-0.05, 0) is 30.0 Å². The van der Waals surface area contributed by atoms with E-state index in [1.54, 1.807) is 0 Å². The largest absolute Gasteiger partial charge is 0.493 e. The molecule has 0 radical (unpaired) electrons. The molecular weight excluding hydrogens is 330 g/mol. The molecule has 2 aliphatic heterocycles. The third kappa shape index (κ3) is 3.79. The van der Waals surface area contributed by atoms with Crippen LogP contribution in [0.25, 0.3) is 0 Å². The standard InChI is InChI=1S/C20H27N3O3/c24-19(14-15-5-6-18-16(13-15)7-12-26-18)22-8-10-23(11-9-22)20(25)21-17-3-1-2-4-17/h5-6,13,17H,1-4,7-12,14H2,(H,21,25). The fourth-order valence-corrected chi connectivity index (χ4v) is 4.13. The minimum absolute atomic E-state index is 0.0302. The molecule has 0 spiro atoms. The predicted molar refractivity (Wildman–Crippen MR) is 98.3 cm³/mol. The van der Waals surface area contributed by atoms with Gasteiger partial charge in [-0.2, -0.15) is 0 Å². The van der Waals surface area contributed by atoms with Crippen molar-refractivity contribution in [3.8, 4) is 5.75 Å². The number of hydrogen-bond acceptors (Lipinski definition) is 3. The second-order valence-corrected chi connectivity index (χ2v) is 7.52. The van der Waals surface area contributed by atoms with Crippen LogP contribution in [-0.4, -0.2) is 60.6 Å². The van der Waals surface area contributed by atoms with Crippen molar-refractivity contribution in [2.45, 2.75) is 44.6 Å². The molecule has 0 bridgehead atoms. The van der Waals surface area contributed by atoms with E-state index in [-0.39, 0.29) is 11.9 Å². The second kappa shape index (κ2) is 7.56. The van der Waals surface area contributed by atoms with Gasteiger partial charge in [-0.15, -0.1) is 0 Å². The lowest BCUT2D eigenvalue weighted by atomic mass is 10.1. The average molecular weight is 357 g/mol. The summed E-state index contributed by atoms with van der Waals surface area (Å²) in [5.74, 6) is 1.09. The van der Waals surface area contributed by atoms with Gasteiger partial charge in [0, 0.05) is 38.6 Å². The van der Waals surface area contributed by atoms with E-state index < -0.39 is 0 Å². The van der Waals surface area contributed by atoms with Crippen LogP contribution in [0.4, 0.5) is 4.79 Å². The van der Waals surface area contributed by atoms with Gasteiger partial charge in [-0.1, -0.05) is 25.0 Å². The number of fused-ring (bicyclic) bond motifs is 1. The van der Waals surface area contributed by atoms with E-state index in [9.17, 15) is 9.59 Å². The Hall–Kier alpha value is -2.24. The summed E-state index contributed by atoms with van der Waals surface area (Å²) in [7, 11) is 0. The minimum Gasteiger partial charge on any atom is -0.493 e. The van der Waals surface area contributed by atoms with Gasteiger partial charge in [0.2, 0.25) is 5.91 Å². The highest BCUT2D eigenvalue weighted by Gasteiger charge is 2.26. The zero-order valence-electron chi connectivity index (χ0n) is 15.2. The maximum Gasteiger partial charge on any atom is 0.317 e. The Morgan fingerprint density at radius 3 is 2.58 bits per heavy atom. The summed E-state index contributed by atoms with van der Waals surface area (Å²) in [6.07, 6.45) is 5.95. The zero-order valence-corrected chi connectivity index (χ0v) is 15.2. The van der Waals surface area contributed by atoms with Crippen LogP contribution >= 0.6 is 0 Å². The van der Waals surface area contributed by atoms with Gasteiger partial charge in [0.1, 0.15) is 5.75 Å². The van der Waals surface area contributed by atoms with E-state index in [2.05, 4.69) is 11.4 Å². The molecule has 6 heteroatoms. The second-order valence-electron chi connectivity index (χ2n) is 7.52. The number of ether oxygens (including phenoxy) is 1. The quantitative estimate of drug-likeness (QED) is 0.900. The molecule has 2 fully saturated rings. The first-order valence-corrected chi connectivity index (χ1v) is 9.77. The average Bonchev–Trinajstić information content (AvgIpc) is 3.33. The van der Waals surface area contributed by atoms with Gasteiger partial charge in [-0.3, -0.25) is 4.79 Å². The molecule has 3 amide bonds. The number of nitrogens with one attached hydrogen (secondary N) is 1. The summed E-state index contributed by atoms with van der Waals surface area (Å²) in [5.41, 5.74) is 2.24. The highest BCUT2D eigenvalue weighted by atomic mass is 16.5. The lowest BCUT2D eigenvalue weighted by molar-refractivity contribution is -0.131. The van der Waals surface area contributed by atoms with Crippen LogP contribution in [0.15, 0.2) is 18.2 Å². The fraction of sp³-hybridized carbons (Fsp3) is 0.600. The summed E-state index contributed by atoms with van der Waals surface area (Å²) in [6.45, 7) is 3.19. The van der Waals surface area contributed by atoms with Gasteiger partial charge in [0.05, 0.1) is 13.0 Å². The molecule has 26 heavy (non-hydrogen) atoms. The van der Waals surface area contributed by atoms with Gasteiger partial charge in [0.15, 0.2) is 0 Å². The van der Waals surface area contributed by atoms with E-state index in [4.69, 9.17) is 4.74 Å². The van der Waals surface area contributed by atoms with Crippen LogP contribution in [0.2, 0.25) is 0 Å². The molecule has 1 N–H and O–H groups in total. The lowest BCUT2D eigenvalue weighted by Crippen LogP contribution is -2.54. The van der Waals surface area contributed by atoms with Crippen molar-refractivity contribution >= 4 is 11.9 Å². The first-order chi connectivity index (χ1) is 12.7. The number of piperazine rings is 1. The van der Waals surface area contributed by atoms with Crippen LogP contribution in [0, 0.1) is 0 Å². The van der Waals surface area contributed by atoms with Gasteiger partial charge in [-0.25, -0.2) is 4.79 Å². The van der Waals surface area contributed by atoms with E-state index in [1.807, 2.05) is 21.9 Å². The summed E-state index contributed by atoms with van der Waals surface area (Å²) < 4.78 is 5.52. The number of carbonyl (C=O) groups excluding carboxylic acids is 2. The molecule has 2 heterocycles. The fourth-order valence-electron chi connectivity index (χ4n) is 4.13. The smallest absolute Gasteiger partial charge is 0.317 e. The third-order valence-electron chi connectivity index (χ3n) is 5.71. The molecule has 1 aliphatic carbocycles. The zero-order chi connectivity index (χ0) is 17.9. The maximum absolute atomic E-state index is 12.6. The Labute approximate surface area is 154 Å². The van der Waals surface area contributed by atoms with Crippen molar-refractivity contribution < 1.29 is 14.3 Å². The minimum atomic E-state index is 0.0302. The monoisotopic (exact) mass is 357 g/mol. The first-order valence-electron chi connectivity index (χ1n) is 9.77. The Morgan fingerprint density at radius 1 is 1.08 bits per heavy atom. The molecular formula is C20H27N3O3. The van der Waals surface area contributed by atoms with Crippen molar-refractivity contribution in [1.82, 2.24) is 15.1 Å². The molecule has 1 aromatic carbocycles. The van der Waals surface area contributed by atoms with Crippen LogP contribution in [0.5, 0.6) is 5.75 Å². The van der Waals surface area contributed by atoms with Gasteiger partial charge in [0.25, 0.3) is 0 Å². The number of urea groups is 1. The summed E-state index contributed by atoms with van der Waals surface area (Å²) >= 11 is 0. The first kappa shape index (κ1) is 17.2. The van der Waals surface area contributed by atoms with E-state index in [1.165, 1.54) is 18.4 Å². The Balaban J connectivity index is 1.26. The number of amides is 3. The molecule has 1 aromatic rings. The van der Waals surface area contributed by atoms with Crippen molar-refractivity contribution in [3.63, 3.8) is 0 Å². The molecule has 4 rings (SSSR count). The maximum atomic E-state index is 12.6. The number of nitrogens with zero attached hydrogens (tertiary/aromatic N) is 2. The van der Waals surface area contributed by atoms with E-state index in [0.29, 0.717) is 38.6 Å². The van der Waals surface area contributed by atoms with Crippen LogP contribution in [-0.2, 0) is 17.6 Å². The highest BCUT2D eigenvalue weighted by Crippen LogP contribution is 2.26. The van der Waals surface area contributed by atoms with Crippen molar-refractivity contribution in [2.75, 3.05) is 32.8 Å². The van der Waals surface area contributed by atoms with Crippen molar-refractivity contribution in [2.24, 2.45) is 0 Å². The van der Waals surface area contributed by atoms with Crippen LogP contribution < -0.4 is 10.1 Å². The molecule has 0 aromatic heterocycles. The molecule has 1 saturated carbocycles. The van der Waals surface area contributed by atoms with Crippen LogP contribution in [0.1, 0.15) is 36.8 Å². The highest BCUT2D eigenvalue weighted by molar-refractivity contribution is 5.80. The lowest BCUT2D eigenvalue weighted by Gasteiger charge is -2.35. The van der Waals surface area contributed by atoms with Gasteiger partial charge >= 0.3 is 6.03 Å². The predicted octanol–water partition coefficient (Wildman–Crippen LogP) is 1.96. The molecule has 6 nitrogen and oxygen atoms in total. The summed E-state index contributed by atoms with van der Waals surface area (Å²) in [5, 5.41) is 3.13. The number of rotatable bonds is 3. The Bertz CT molecular complexity index is 677. The molecule has 140 valence electrons. The van der Waals surface area contributed by atoms with E-state index in [0.717, 1.165) is 37.2 Å². The van der Waals surface area contributed by atoms with E-state index >= 15 is 0 Å². The Morgan fingerprint density at radius 2 is 1.81 bits per heavy atom. The SMILES string of the molecule is O=C(Cc1ccc2c(c1)CCO2)N1CCN(C(=O)NC2CCCC2)CC1. The summed E-state index contributed by atoms with van der Waals surface area (Å²) in [6, 6.07) is 6.41. The van der Waals surface area contributed by atoms with Gasteiger partial charge < -0.3 is 19.9 Å². The molecule has 0 atom stereocenters. The number of benzene rings is 1. The molecule has 0 unspecified atom stereocenters. The normalized spacial score (nSPS) is 20.0. The van der Waals surface area contributed by atoms with Crippen molar-refractivity contribution in [3.05, 3.63) is 29.3 Å². The molecule has 1 saturated heterocycles.